The van der Waals surface area contributed by atoms with Crippen LogP contribution < -0.4 is 28.4 Å². The van der Waals surface area contributed by atoms with Crippen molar-refractivity contribution in [2.45, 2.75) is 350 Å². The fraction of sp³-hybridized carbons (Fsp3) is 0.759. The number of ether oxygens (including phenoxy) is 6. The molecule has 0 fully saturated rings. The van der Waals surface area contributed by atoms with E-state index in [1.54, 1.807) is 0 Å². The van der Waals surface area contributed by atoms with Crippen LogP contribution in [0, 0.1) is 0 Å². The summed E-state index contributed by atoms with van der Waals surface area (Å²) in [7, 11) is 0. The van der Waals surface area contributed by atoms with E-state index in [0.29, 0.717) is 74.1 Å². The summed E-state index contributed by atoms with van der Waals surface area (Å²) >= 11 is 0. The highest BCUT2D eigenvalue weighted by Gasteiger charge is 2.18. The quantitative estimate of drug-likeness (QED) is 0.0411. The van der Waals surface area contributed by atoms with Crippen molar-refractivity contribution in [1.82, 2.24) is 4.98 Å². The maximum absolute atomic E-state index is 6.68. The molecule has 3 aromatic rings. The van der Waals surface area contributed by atoms with Crippen molar-refractivity contribution in [1.29, 1.82) is 0 Å². The first-order chi connectivity index (χ1) is 43.6. The second kappa shape index (κ2) is 57.9. The Morgan fingerprint density at radius 3 is 0.670 bits per heavy atom. The first-order valence-electron chi connectivity index (χ1n) is 37.7. The Morgan fingerprint density at radius 1 is 0.261 bits per heavy atom. The summed E-state index contributed by atoms with van der Waals surface area (Å²) in [6.45, 7) is 17.5. The van der Waals surface area contributed by atoms with Gasteiger partial charge >= 0.3 is 0 Å². The number of rotatable bonds is 64. The van der Waals surface area contributed by atoms with E-state index in [1.807, 2.05) is 54.9 Å². The first kappa shape index (κ1) is 78.0. The number of nitrogens with zero attached hydrogens (tertiary/aromatic N) is 3. The van der Waals surface area contributed by atoms with E-state index < -0.39 is 0 Å². The van der Waals surface area contributed by atoms with Crippen LogP contribution in [0.1, 0.15) is 361 Å². The van der Waals surface area contributed by atoms with Gasteiger partial charge in [0.1, 0.15) is 0 Å². The van der Waals surface area contributed by atoms with Crippen molar-refractivity contribution >= 4 is 23.8 Å². The Bertz CT molecular complexity index is 1880. The molecule has 0 aliphatic carbocycles. The van der Waals surface area contributed by atoms with Gasteiger partial charge in [-0.3, -0.25) is 9.98 Å². The average Bonchev–Trinajstić information content (AvgIpc) is 3.07. The molecule has 2 aromatic carbocycles. The second-order valence-corrected chi connectivity index (χ2v) is 25.5. The molecular formula is C79H135N3O6. The Labute approximate surface area is 542 Å². The maximum Gasteiger partial charge on any atom is 0.203 e. The highest BCUT2D eigenvalue weighted by atomic mass is 16.5. The van der Waals surface area contributed by atoms with Gasteiger partial charge in [-0.15, -0.1) is 0 Å². The van der Waals surface area contributed by atoms with Crippen molar-refractivity contribution in [3.05, 3.63) is 53.9 Å². The third kappa shape index (κ3) is 41.2. The number of benzene rings is 2. The molecule has 0 N–H and O–H groups in total. The molecule has 0 amide bonds. The van der Waals surface area contributed by atoms with Gasteiger partial charge in [0.05, 0.1) is 74.8 Å². The van der Waals surface area contributed by atoms with Crippen molar-refractivity contribution < 1.29 is 28.4 Å². The SMILES string of the molecule is CCCCCCCCCCOc1cc(N=Cc2cccc(C=Nc3cc(OCCCCCCCCCC)c(OCCCCCCCCCC)c(OCCCCCCCCCC)c3)n2)cc(OCCCCCCCCCC)c1OCCCCCCCCCC. The van der Waals surface area contributed by atoms with Crippen molar-refractivity contribution in [3.63, 3.8) is 0 Å². The minimum absolute atomic E-state index is 0.630. The fourth-order valence-electron chi connectivity index (χ4n) is 11.4. The zero-order valence-electron chi connectivity index (χ0n) is 58.2. The van der Waals surface area contributed by atoms with Crippen LogP contribution in [0.3, 0.4) is 0 Å². The molecular weight excluding hydrogens is 1090 g/mol. The standard InChI is InChI=1S/C79H135N3O6/c1-7-13-19-25-31-37-43-49-58-83-74-64-72(65-75(84-59-50-44-38-32-26-20-14-8-2)78(74)87-62-53-47-41-35-29-23-17-11-5)80-68-70-56-55-57-71(82-70)69-81-73-66-76(85-60-51-45-39-33-27-21-15-9-3)79(88-63-54-48-42-36-30-24-18-12-6)77(67-73)86-61-52-46-40-34-28-22-16-10-4/h55-57,64-69H,7-54,58-63H2,1-6H3. The summed E-state index contributed by atoms with van der Waals surface area (Å²) in [6.07, 6.45) is 63.6. The summed E-state index contributed by atoms with van der Waals surface area (Å²) < 4.78 is 40.0. The highest BCUT2D eigenvalue weighted by Crippen LogP contribution is 2.44. The molecule has 9 nitrogen and oxygen atoms in total. The number of hydrogen-bond donors (Lipinski definition) is 0. The van der Waals surface area contributed by atoms with E-state index in [1.165, 1.54) is 244 Å². The van der Waals surface area contributed by atoms with Crippen molar-refractivity contribution in [3.8, 4) is 34.5 Å². The molecule has 502 valence electrons. The first-order valence-corrected chi connectivity index (χ1v) is 37.7. The monoisotopic (exact) mass is 1220 g/mol. The minimum atomic E-state index is 0.630. The molecule has 0 bridgehead atoms. The molecule has 0 aliphatic heterocycles. The molecule has 0 spiro atoms. The lowest BCUT2D eigenvalue weighted by Crippen LogP contribution is -2.06. The average molecular weight is 1220 g/mol. The van der Waals surface area contributed by atoms with Crippen LogP contribution in [0.25, 0.3) is 0 Å². The lowest BCUT2D eigenvalue weighted by atomic mass is 10.1. The highest BCUT2D eigenvalue weighted by molar-refractivity contribution is 5.84. The molecule has 9 heteroatoms. The topological polar surface area (TPSA) is 93.0 Å². The fourth-order valence-corrected chi connectivity index (χ4v) is 11.4. The van der Waals surface area contributed by atoms with E-state index in [2.05, 4.69) is 41.5 Å². The molecule has 0 aliphatic rings. The molecule has 3 rings (SSSR count). The number of aliphatic imine (C=N–C) groups is 2. The zero-order chi connectivity index (χ0) is 62.7. The summed E-state index contributed by atoms with van der Waals surface area (Å²) in [5, 5.41) is 0. The lowest BCUT2D eigenvalue weighted by molar-refractivity contribution is 0.234. The van der Waals surface area contributed by atoms with Crippen LogP contribution >= 0.6 is 0 Å². The molecule has 0 unspecified atom stereocenters. The number of aromatic nitrogens is 1. The molecule has 1 aromatic heterocycles. The van der Waals surface area contributed by atoms with Crippen LogP contribution in [-0.4, -0.2) is 57.1 Å². The number of unbranched alkanes of at least 4 members (excludes halogenated alkanes) is 42. The number of pyridine rings is 1. The van der Waals surface area contributed by atoms with Gasteiger partial charge < -0.3 is 28.4 Å². The van der Waals surface area contributed by atoms with Crippen LogP contribution in [-0.2, 0) is 0 Å². The minimum Gasteiger partial charge on any atom is -0.489 e. The summed E-state index contributed by atoms with van der Waals surface area (Å²) in [5.41, 5.74) is 2.97. The second-order valence-electron chi connectivity index (χ2n) is 25.5. The van der Waals surface area contributed by atoms with Gasteiger partial charge in [0, 0.05) is 24.3 Å². The van der Waals surface area contributed by atoms with Gasteiger partial charge in [-0.2, -0.15) is 0 Å². The smallest absolute Gasteiger partial charge is 0.203 e. The largest absolute Gasteiger partial charge is 0.489 e. The molecule has 0 saturated carbocycles. The molecule has 1 heterocycles. The van der Waals surface area contributed by atoms with Gasteiger partial charge in [0.15, 0.2) is 23.0 Å². The summed E-state index contributed by atoms with van der Waals surface area (Å²) in [5.74, 6) is 4.27. The zero-order valence-corrected chi connectivity index (χ0v) is 58.2. The molecule has 0 atom stereocenters. The Kier molecular flexibility index (Phi) is 51.3. The van der Waals surface area contributed by atoms with Crippen LogP contribution in [0.5, 0.6) is 34.5 Å². The van der Waals surface area contributed by atoms with E-state index in [-0.39, 0.29) is 0 Å². The van der Waals surface area contributed by atoms with E-state index in [4.69, 9.17) is 43.4 Å². The van der Waals surface area contributed by atoms with Gasteiger partial charge in [0.2, 0.25) is 11.5 Å². The summed E-state index contributed by atoms with van der Waals surface area (Å²) in [6, 6.07) is 14.1. The normalized spacial score (nSPS) is 11.6. The molecule has 88 heavy (non-hydrogen) atoms. The lowest BCUT2D eigenvalue weighted by Gasteiger charge is -2.18. The van der Waals surface area contributed by atoms with Crippen molar-refractivity contribution in [2.75, 3.05) is 39.6 Å². The number of hydrogen-bond acceptors (Lipinski definition) is 9. The van der Waals surface area contributed by atoms with Gasteiger partial charge in [0.25, 0.3) is 0 Å². The Morgan fingerprint density at radius 2 is 0.455 bits per heavy atom. The van der Waals surface area contributed by atoms with E-state index in [9.17, 15) is 0 Å². The predicted octanol–water partition coefficient (Wildman–Crippen LogP) is 25.7. The predicted molar refractivity (Wildman–Crippen MR) is 380 cm³/mol. The third-order valence-electron chi connectivity index (χ3n) is 17.0. The Hall–Kier alpha value is -4.27. The third-order valence-corrected chi connectivity index (χ3v) is 17.0. The Balaban J connectivity index is 1.92. The van der Waals surface area contributed by atoms with Crippen molar-refractivity contribution in [2.24, 2.45) is 9.98 Å². The van der Waals surface area contributed by atoms with Gasteiger partial charge in [-0.05, 0) is 50.7 Å². The summed E-state index contributed by atoms with van der Waals surface area (Å²) in [4.78, 5) is 15.1. The maximum atomic E-state index is 6.68. The molecule has 0 saturated heterocycles. The van der Waals surface area contributed by atoms with Crippen LogP contribution in [0.2, 0.25) is 0 Å². The molecule has 0 radical (unpaired) electrons. The van der Waals surface area contributed by atoms with Gasteiger partial charge in [-0.1, -0.05) is 317 Å². The van der Waals surface area contributed by atoms with Crippen LogP contribution in [0.4, 0.5) is 11.4 Å². The van der Waals surface area contributed by atoms with Crippen LogP contribution in [0.15, 0.2) is 52.4 Å². The van der Waals surface area contributed by atoms with E-state index >= 15 is 0 Å². The van der Waals surface area contributed by atoms with Gasteiger partial charge in [-0.25, -0.2) is 4.98 Å². The van der Waals surface area contributed by atoms with E-state index in [0.717, 1.165) is 87.0 Å².